The fraction of sp³-hybridized carbons (Fsp3) is 0. The Kier molecular flexibility index (Phi) is 3.98. The van der Waals surface area contributed by atoms with Gasteiger partial charge in [0.2, 0.25) is 0 Å². The molecule has 4 N–H and O–H groups in total. The first-order chi connectivity index (χ1) is 4.84. The minimum absolute atomic E-state index is 0. The van der Waals surface area contributed by atoms with Crippen molar-refractivity contribution < 1.29 is 0 Å². The van der Waals surface area contributed by atoms with Crippen LogP contribution in [-0.4, -0.2) is 10.8 Å². The SMILES string of the molecule is Cl.N/N=C(\N)c1ccncc1. The molecule has 1 aromatic rings. The third-order valence-electron chi connectivity index (χ3n) is 1.12. The van der Waals surface area contributed by atoms with Crippen LogP contribution in [-0.2, 0) is 0 Å². The number of hydrogen-bond donors (Lipinski definition) is 2. The van der Waals surface area contributed by atoms with Gasteiger partial charge in [0.25, 0.3) is 0 Å². The molecule has 0 aromatic carbocycles. The molecule has 1 aromatic heterocycles. The van der Waals surface area contributed by atoms with E-state index in [0.29, 0.717) is 5.84 Å². The molecule has 0 fully saturated rings. The zero-order chi connectivity index (χ0) is 7.40. The van der Waals surface area contributed by atoms with E-state index in [1.54, 1.807) is 24.5 Å². The van der Waals surface area contributed by atoms with Gasteiger partial charge in [-0.3, -0.25) is 4.98 Å². The summed E-state index contributed by atoms with van der Waals surface area (Å²) in [6.07, 6.45) is 3.26. The number of aromatic nitrogens is 1. The van der Waals surface area contributed by atoms with Crippen molar-refractivity contribution in [3.05, 3.63) is 30.1 Å². The van der Waals surface area contributed by atoms with Gasteiger partial charge in [0.1, 0.15) is 5.84 Å². The van der Waals surface area contributed by atoms with Crippen molar-refractivity contribution in [2.24, 2.45) is 16.7 Å². The Morgan fingerprint density at radius 1 is 1.36 bits per heavy atom. The van der Waals surface area contributed by atoms with Gasteiger partial charge < -0.3 is 11.6 Å². The molecule has 0 saturated heterocycles. The lowest BCUT2D eigenvalue weighted by Crippen LogP contribution is -2.15. The first kappa shape index (κ1) is 9.71. The number of rotatable bonds is 1. The zero-order valence-electron chi connectivity index (χ0n) is 5.77. The van der Waals surface area contributed by atoms with Gasteiger partial charge in [-0.1, -0.05) is 0 Å². The van der Waals surface area contributed by atoms with Gasteiger partial charge in [-0.05, 0) is 12.1 Å². The molecule has 0 radical (unpaired) electrons. The maximum absolute atomic E-state index is 5.39. The maximum Gasteiger partial charge on any atom is 0.150 e. The van der Waals surface area contributed by atoms with Gasteiger partial charge in [0, 0.05) is 18.0 Å². The number of pyridine rings is 1. The van der Waals surface area contributed by atoms with Crippen LogP contribution in [0.4, 0.5) is 0 Å². The summed E-state index contributed by atoms with van der Waals surface area (Å²) in [5.41, 5.74) is 6.18. The van der Waals surface area contributed by atoms with Crippen LogP contribution in [0.25, 0.3) is 0 Å². The van der Waals surface area contributed by atoms with E-state index in [9.17, 15) is 0 Å². The Morgan fingerprint density at radius 2 is 1.91 bits per heavy atom. The largest absolute Gasteiger partial charge is 0.382 e. The number of hydrazone groups is 1. The van der Waals surface area contributed by atoms with Crippen LogP contribution in [0.5, 0.6) is 0 Å². The van der Waals surface area contributed by atoms with Crippen LogP contribution < -0.4 is 11.6 Å². The Morgan fingerprint density at radius 3 is 2.36 bits per heavy atom. The molecule has 0 atom stereocenters. The second-order valence-corrected chi connectivity index (χ2v) is 1.75. The minimum Gasteiger partial charge on any atom is -0.382 e. The van der Waals surface area contributed by atoms with Crippen molar-refractivity contribution in [1.82, 2.24) is 4.98 Å². The average Bonchev–Trinajstić information content (AvgIpc) is 2.05. The lowest BCUT2D eigenvalue weighted by atomic mass is 10.2. The summed E-state index contributed by atoms with van der Waals surface area (Å²) in [6.45, 7) is 0. The molecule has 1 rings (SSSR count). The quantitative estimate of drug-likeness (QED) is 0.273. The fourth-order valence-electron chi connectivity index (χ4n) is 0.597. The smallest absolute Gasteiger partial charge is 0.150 e. The van der Waals surface area contributed by atoms with Gasteiger partial charge in [-0.2, -0.15) is 5.10 Å². The lowest BCUT2D eigenvalue weighted by molar-refractivity contribution is 1.22. The number of halogens is 1. The predicted octanol–water partition coefficient (Wildman–Crippen LogP) is 0.0824. The zero-order valence-corrected chi connectivity index (χ0v) is 6.58. The standard InChI is InChI=1S/C6H8N4.ClH/c7-6(10-8)5-1-3-9-4-2-5;/h1-4H,8H2,(H2,7,10);1H. The van der Waals surface area contributed by atoms with Crippen LogP contribution in [0.15, 0.2) is 29.6 Å². The van der Waals surface area contributed by atoms with E-state index < -0.39 is 0 Å². The Labute approximate surface area is 70.7 Å². The number of nitrogens with zero attached hydrogens (tertiary/aromatic N) is 2. The summed E-state index contributed by atoms with van der Waals surface area (Å²) in [5.74, 6) is 5.27. The highest BCUT2D eigenvalue weighted by Crippen LogP contribution is 1.93. The Hall–Kier alpha value is -1.29. The third kappa shape index (κ3) is 2.43. The molecule has 0 aliphatic heterocycles. The van der Waals surface area contributed by atoms with Crippen molar-refractivity contribution in [3.8, 4) is 0 Å². The highest BCUT2D eigenvalue weighted by atomic mass is 35.5. The lowest BCUT2D eigenvalue weighted by Gasteiger charge is -1.94. The first-order valence-corrected chi connectivity index (χ1v) is 2.78. The minimum atomic E-state index is 0. The fourth-order valence-corrected chi connectivity index (χ4v) is 0.597. The highest BCUT2D eigenvalue weighted by Gasteiger charge is 1.93. The molecule has 60 valence electrons. The summed E-state index contributed by atoms with van der Waals surface area (Å²) >= 11 is 0. The molecule has 0 unspecified atom stereocenters. The van der Waals surface area contributed by atoms with Crippen molar-refractivity contribution in [3.63, 3.8) is 0 Å². The van der Waals surface area contributed by atoms with Crippen LogP contribution in [0.3, 0.4) is 0 Å². The van der Waals surface area contributed by atoms with E-state index in [2.05, 4.69) is 10.1 Å². The van der Waals surface area contributed by atoms with Crippen molar-refractivity contribution in [2.75, 3.05) is 0 Å². The molecule has 5 heteroatoms. The molecule has 0 amide bonds. The monoisotopic (exact) mass is 172 g/mol. The van der Waals surface area contributed by atoms with E-state index in [1.807, 2.05) is 0 Å². The van der Waals surface area contributed by atoms with Gasteiger partial charge in [-0.25, -0.2) is 0 Å². The molecule has 0 bridgehead atoms. The normalized spacial score (nSPS) is 10.4. The maximum atomic E-state index is 5.39. The number of hydrogen-bond acceptors (Lipinski definition) is 3. The summed E-state index contributed by atoms with van der Waals surface area (Å²) in [7, 11) is 0. The molecule has 4 nitrogen and oxygen atoms in total. The predicted molar refractivity (Wildman–Crippen MR) is 46.4 cm³/mol. The molecule has 1 heterocycles. The summed E-state index contributed by atoms with van der Waals surface area (Å²) in [5, 5.41) is 3.33. The molecule has 11 heavy (non-hydrogen) atoms. The second kappa shape index (κ2) is 4.51. The molecule has 0 aliphatic carbocycles. The van der Waals surface area contributed by atoms with E-state index >= 15 is 0 Å². The topological polar surface area (TPSA) is 77.3 Å². The van der Waals surface area contributed by atoms with Gasteiger partial charge >= 0.3 is 0 Å². The summed E-state index contributed by atoms with van der Waals surface area (Å²) in [6, 6.07) is 3.48. The molecule has 0 aliphatic rings. The number of amidine groups is 1. The van der Waals surface area contributed by atoms with Crippen LogP contribution >= 0.6 is 12.4 Å². The molecular weight excluding hydrogens is 164 g/mol. The highest BCUT2D eigenvalue weighted by molar-refractivity contribution is 5.96. The summed E-state index contributed by atoms with van der Waals surface area (Å²) in [4.78, 5) is 3.81. The number of nitrogens with two attached hydrogens (primary N) is 2. The van der Waals surface area contributed by atoms with Gasteiger partial charge in [-0.15, -0.1) is 12.4 Å². The second-order valence-electron chi connectivity index (χ2n) is 1.75. The van der Waals surface area contributed by atoms with E-state index in [1.165, 1.54) is 0 Å². The van der Waals surface area contributed by atoms with Gasteiger partial charge in [0.05, 0.1) is 0 Å². The van der Waals surface area contributed by atoms with Crippen molar-refractivity contribution >= 4 is 18.2 Å². The Bertz CT molecular complexity index is 234. The van der Waals surface area contributed by atoms with Crippen LogP contribution in [0, 0.1) is 0 Å². The molecule has 0 saturated carbocycles. The van der Waals surface area contributed by atoms with E-state index in [0.717, 1.165) is 5.56 Å². The third-order valence-corrected chi connectivity index (χ3v) is 1.12. The average molecular weight is 173 g/mol. The first-order valence-electron chi connectivity index (χ1n) is 2.78. The van der Waals surface area contributed by atoms with Crippen molar-refractivity contribution in [2.45, 2.75) is 0 Å². The van der Waals surface area contributed by atoms with E-state index in [-0.39, 0.29) is 12.4 Å². The molecule has 0 spiro atoms. The van der Waals surface area contributed by atoms with E-state index in [4.69, 9.17) is 11.6 Å². The van der Waals surface area contributed by atoms with Crippen LogP contribution in [0.1, 0.15) is 5.56 Å². The summed E-state index contributed by atoms with van der Waals surface area (Å²) < 4.78 is 0. The van der Waals surface area contributed by atoms with Crippen LogP contribution in [0.2, 0.25) is 0 Å². The molecular formula is C6H9ClN4. The van der Waals surface area contributed by atoms with Gasteiger partial charge in [0.15, 0.2) is 0 Å². The van der Waals surface area contributed by atoms with Crippen molar-refractivity contribution in [1.29, 1.82) is 0 Å². The Balaban J connectivity index is 0.000001000.